The molecule has 0 amide bonds. The van der Waals surface area contributed by atoms with Crippen molar-refractivity contribution in [1.82, 2.24) is 0 Å². The summed E-state index contributed by atoms with van der Waals surface area (Å²) in [5, 5.41) is 9.98. The highest BCUT2D eigenvalue weighted by Gasteiger charge is 2.45. The largest absolute Gasteiger partial charge is 0.507 e. The highest BCUT2D eigenvalue weighted by atomic mass is 32.2. The molecule has 6 nitrogen and oxygen atoms in total. The first-order valence-corrected chi connectivity index (χ1v) is 8.57. The lowest BCUT2D eigenvalue weighted by atomic mass is 9.88. The first-order valence-electron chi connectivity index (χ1n) is 6.96. The van der Waals surface area contributed by atoms with Gasteiger partial charge in [0.25, 0.3) is 10.1 Å². The quantitative estimate of drug-likeness (QED) is 0.405. The maximum absolute atomic E-state index is 12.8. The van der Waals surface area contributed by atoms with Crippen LogP contribution in [0.4, 0.5) is 13.2 Å². The summed E-state index contributed by atoms with van der Waals surface area (Å²) in [4.78, 5) is 12.0. The van der Waals surface area contributed by atoms with Gasteiger partial charge in [-0.2, -0.15) is 21.6 Å². The van der Waals surface area contributed by atoms with E-state index in [2.05, 4.69) is 4.74 Å². The number of phenols is 1. The van der Waals surface area contributed by atoms with E-state index in [0.717, 1.165) is 0 Å². The van der Waals surface area contributed by atoms with Crippen LogP contribution in [0.25, 0.3) is 0 Å². The van der Waals surface area contributed by atoms with Crippen molar-refractivity contribution >= 4 is 31.8 Å². The summed E-state index contributed by atoms with van der Waals surface area (Å²) in [5.41, 5.74) is 0.449. The zero-order valence-electron chi connectivity index (χ0n) is 12.9. The molecule has 0 saturated carbocycles. The van der Waals surface area contributed by atoms with Gasteiger partial charge in [-0.25, -0.2) is 4.79 Å². The number of hydrogen-bond acceptors (Lipinski definition) is 5. The van der Waals surface area contributed by atoms with E-state index >= 15 is 0 Å². The average molecular weight is 366 g/mol. The molecule has 0 saturated heterocycles. The lowest BCUT2D eigenvalue weighted by molar-refractivity contribution is -0.197. The Morgan fingerprint density at radius 3 is 2.25 bits per heavy atom. The number of carbonyl (C=O) groups is 1. The Morgan fingerprint density at radius 1 is 1.25 bits per heavy atom. The molecular weight excluding hydrogens is 351 g/mol. The van der Waals surface area contributed by atoms with Gasteiger partial charge in [-0.15, -0.1) is 0 Å². The van der Waals surface area contributed by atoms with E-state index in [1.165, 1.54) is 6.07 Å². The normalized spacial score (nSPS) is 13.5. The summed E-state index contributed by atoms with van der Waals surface area (Å²) in [6, 6.07) is 2.78. The Bertz CT molecular complexity index is 720. The minimum atomic E-state index is -5.20. The zero-order valence-corrected chi connectivity index (χ0v) is 13.7. The van der Waals surface area contributed by atoms with Crippen LogP contribution in [-0.4, -0.2) is 57.8 Å². The third kappa shape index (κ3) is 5.45. The van der Waals surface area contributed by atoms with Gasteiger partial charge in [0.15, 0.2) is 0 Å². The number of carbonyl (C=O) groups excluding carboxylic acids is 1. The van der Waals surface area contributed by atoms with E-state index in [0.29, 0.717) is 23.8 Å². The zero-order chi connectivity index (χ0) is 18.7. The monoisotopic (exact) mass is 366 g/mol. The summed E-state index contributed by atoms with van der Waals surface area (Å²) in [5.74, 6) is -3.87. The number of hydrogen-bond donors (Lipinski definition) is 2. The first-order chi connectivity index (χ1) is 10.9. The second-order valence-corrected chi connectivity index (χ2v) is 6.54. The minimum Gasteiger partial charge on any atom is -0.507 e. The fraction of sp³-hybridized carbons (Fsp3) is 0.417. The van der Waals surface area contributed by atoms with Crippen LogP contribution < -0.4 is 0 Å². The van der Waals surface area contributed by atoms with E-state index in [-0.39, 0.29) is 0 Å². The fourth-order valence-corrected chi connectivity index (χ4v) is 2.61. The van der Waals surface area contributed by atoms with Crippen molar-refractivity contribution < 1.29 is 40.8 Å². The van der Waals surface area contributed by atoms with E-state index in [9.17, 15) is 31.5 Å². The third-order valence-corrected chi connectivity index (χ3v) is 3.96. The molecule has 0 fully saturated rings. The second kappa shape index (κ2) is 7.47. The third-order valence-electron chi connectivity index (χ3n) is 3.23. The lowest BCUT2D eigenvalue weighted by Crippen LogP contribution is -2.39. The Kier molecular flexibility index (Phi) is 6.34. The molecule has 0 radical (unpaired) electrons. The summed E-state index contributed by atoms with van der Waals surface area (Å²) >= 11 is 0. The van der Waals surface area contributed by atoms with Crippen molar-refractivity contribution in [1.29, 1.82) is 0 Å². The van der Waals surface area contributed by atoms with Gasteiger partial charge in [0.2, 0.25) is 6.10 Å². The van der Waals surface area contributed by atoms with Crippen LogP contribution in [0.5, 0.6) is 5.75 Å². The molecule has 1 aromatic rings. The topological polar surface area (TPSA) is 101 Å². The van der Waals surface area contributed by atoms with Crippen molar-refractivity contribution in [2.45, 2.75) is 24.9 Å². The predicted octanol–water partition coefficient (Wildman–Crippen LogP) is -0.366. The molecule has 1 aromatic carbocycles. The maximum Gasteiger partial charge on any atom is 0.426 e. The molecule has 0 aliphatic rings. The summed E-state index contributed by atoms with van der Waals surface area (Å²) in [7, 11) is -1.60. The van der Waals surface area contributed by atoms with Crippen LogP contribution in [0.15, 0.2) is 12.1 Å². The van der Waals surface area contributed by atoms with Crippen molar-refractivity contribution in [3.8, 4) is 5.75 Å². The molecule has 0 bridgehead atoms. The van der Waals surface area contributed by atoms with Gasteiger partial charge < -0.3 is 9.84 Å². The number of rotatable bonds is 6. The van der Waals surface area contributed by atoms with Crippen LogP contribution in [0, 0.1) is 0 Å². The molecular formula is C12H15B2F3O6S. The Hall–Kier alpha value is -1.68. The summed E-state index contributed by atoms with van der Waals surface area (Å²) in [6.07, 6.45) is -7.46. The molecule has 2 N–H and O–H groups in total. The number of phenolic OH excluding ortho intramolecular Hbond substituents is 1. The molecule has 1 rings (SSSR count). The van der Waals surface area contributed by atoms with E-state index < -0.39 is 45.4 Å². The average Bonchev–Trinajstić information content (AvgIpc) is 2.44. The van der Waals surface area contributed by atoms with Gasteiger partial charge >= 0.3 is 12.1 Å². The summed E-state index contributed by atoms with van der Waals surface area (Å²) in [6.45, 7) is 0. The van der Waals surface area contributed by atoms with Crippen LogP contribution >= 0.6 is 0 Å². The Labute approximate surface area is 138 Å². The molecule has 12 heteroatoms. The van der Waals surface area contributed by atoms with Gasteiger partial charge in [-0.3, -0.25) is 4.55 Å². The highest BCUT2D eigenvalue weighted by Crippen LogP contribution is 2.29. The van der Waals surface area contributed by atoms with Gasteiger partial charge in [0, 0.05) is 0 Å². The molecule has 0 aromatic heterocycles. The number of halogens is 3. The van der Waals surface area contributed by atoms with Crippen molar-refractivity contribution in [3.05, 3.63) is 28.8 Å². The van der Waals surface area contributed by atoms with Gasteiger partial charge in [-0.1, -0.05) is 24.3 Å². The number of alkyl halides is 3. The maximum atomic E-state index is 12.8. The molecule has 1 unspecified atom stereocenters. The van der Waals surface area contributed by atoms with Gasteiger partial charge in [-0.05, 0) is 11.6 Å². The van der Waals surface area contributed by atoms with E-state index in [1.54, 1.807) is 21.8 Å². The number of aromatic hydroxyl groups is 1. The molecule has 24 heavy (non-hydrogen) atoms. The second-order valence-electron chi connectivity index (χ2n) is 5.04. The number of esters is 1. The molecule has 0 heterocycles. The standard InChI is InChI=1S/C12H15B2F3O6S/c13-3-6-1-7(4-14)10(18)8(2-6)11(19)23-9(12(15,16)17)5-24(20,21)22/h1-2,9,18H,3-5,13-14H2,(H,20,21,22). The Balaban J connectivity index is 3.21. The van der Waals surface area contributed by atoms with Crippen LogP contribution in [-0.2, 0) is 27.5 Å². The smallest absolute Gasteiger partial charge is 0.426 e. The molecule has 0 spiro atoms. The minimum absolute atomic E-state index is 0.327. The fourth-order valence-electron chi connectivity index (χ4n) is 1.97. The number of ether oxygens (including phenoxy) is 1. The molecule has 132 valence electrons. The van der Waals surface area contributed by atoms with E-state index in [4.69, 9.17) is 4.55 Å². The number of benzene rings is 1. The van der Waals surface area contributed by atoms with Crippen LogP contribution in [0.2, 0.25) is 0 Å². The lowest BCUT2D eigenvalue weighted by Gasteiger charge is -2.20. The summed E-state index contributed by atoms with van der Waals surface area (Å²) < 4.78 is 72.6. The van der Waals surface area contributed by atoms with Crippen molar-refractivity contribution in [2.24, 2.45) is 0 Å². The van der Waals surface area contributed by atoms with Gasteiger partial charge in [0.05, 0.1) is 0 Å². The van der Waals surface area contributed by atoms with Crippen molar-refractivity contribution in [2.75, 3.05) is 5.75 Å². The predicted molar refractivity (Wildman–Crippen MR) is 84.3 cm³/mol. The molecule has 1 atom stereocenters. The van der Waals surface area contributed by atoms with Crippen LogP contribution in [0.1, 0.15) is 21.5 Å². The Morgan fingerprint density at radius 2 is 1.83 bits per heavy atom. The highest BCUT2D eigenvalue weighted by molar-refractivity contribution is 7.85. The van der Waals surface area contributed by atoms with E-state index in [1.807, 2.05) is 0 Å². The molecule has 0 aliphatic heterocycles. The van der Waals surface area contributed by atoms with Crippen molar-refractivity contribution in [3.63, 3.8) is 0 Å². The van der Waals surface area contributed by atoms with Crippen LogP contribution in [0.3, 0.4) is 0 Å². The van der Waals surface area contributed by atoms with Gasteiger partial charge in [0.1, 0.15) is 32.8 Å². The first kappa shape index (κ1) is 20.4. The SMILES string of the molecule is BCc1cc(CB)c(O)c(C(=O)OC(CS(=O)(=O)O)C(F)(F)F)c1. The molecule has 0 aliphatic carbocycles.